The van der Waals surface area contributed by atoms with Gasteiger partial charge in [0.1, 0.15) is 6.61 Å². The number of carbonyl (C=O) groups is 2. The largest absolute Gasteiger partial charge is 0.459 e. The molecule has 2 atom stereocenters. The van der Waals surface area contributed by atoms with Crippen molar-refractivity contribution in [3.8, 4) is 0 Å². The van der Waals surface area contributed by atoms with Gasteiger partial charge in [-0.2, -0.15) is 0 Å². The van der Waals surface area contributed by atoms with E-state index in [0.29, 0.717) is 5.56 Å². The van der Waals surface area contributed by atoms with E-state index in [1.54, 1.807) is 48.5 Å². The van der Waals surface area contributed by atoms with Crippen molar-refractivity contribution in [2.45, 2.75) is 24.7 Å². The van der Waals surface area contributed by atoms with Crippen LogP contribution in [0.1, 0.15) is 15.9 Å². The van der Waals surface area contributed by atoms with Crippen LogP contribution in [0.25, 0.3) is 0 Å². The lowest BCUT2D eigenvalue weighted by atomic mass is 10.1. The van der Waals surface area contributed by atoms with Crippen LogP contribution < -0.4 is 0 Å². The number of carbonyl (C=O) groups excluding carboxylic acids is 2. The SMILES string of the molecule is O=C[C@H](OCc1ccccc1)C(F)(F)[C@H](O)COC(=O)c1ccccc1. The highest BCUT2D eigenvalue weighted by Gasteiger charge is 2.48. The molecule has 2 rings (SSSR count). The highest BCUT2D eigenvalue weighted by Crippen LogP contribution is 2.26. The summed E-state index contributed by atoms with van der Waals surface area (Å²) in [6.07, 6.45) is -4.64. The second kappa shape index (κ2) is 9.17. The molecule has 0 aromatic heterocycles. The number of ether oxygens (including phenoxy) is 2. The molecule has 0 aliphatic heterocycles. The van der Waals surface area contributed by atoms with Gasteiger partial charge in [0, 0.05) is 0 Å². The molecule has 0 radical (unpaired) electrons. The molecule has 0 saturated heterocycles. The molecule has 138 valence electrons. The van der Waals surface area contributed by atoms with E-state index in [1.807, 2.05) is 0 Å². The van der Waals surface area contributed by atoms with Crippen LogP contribution in [0.4, 0.5) is 8.78 Å². The van der Waals surface area contributed by atoms with E-state index in [1.165, 1.54) is 12.1 Å². The van der Waals surface area contributed by atoms with Crippen molar-refractivity contribution in [2.24, 2.45) is 0 Å². The number of hydrogen-bond donors (Lipinski definition) is 1. The van der Waals surface area contributed by atoms with Crippen LogP contribution in [-0.2, 0) is 20.9 Å². The highest BCUT2D eigenvalue weighted by molar-refractivity contribution is 5.89. The molecule has 0 amide bonds. The second-order valence-corrected chi connectivity index (χ2v) is 5.51. The number of aliphatic hydroxyl groups excluding tert-OH is 1. The zero-order valence-electron chi connectivity index (χ0n) is 13.8. The van der Waals surface area contributed by atoms with E-state index in [2.05, 4.69) is 0 Å². The van der Waals surface area contributed by atoms with Crippen molar-refractivity contribution in [1.82, 2.24) is 0 Å². The van der Waals surface area contributed by atoms with Crippen molar-refractivity contribution in [2.75, 3.05) is 6.61 Å². The van der Waals surface area contributed by atoms with Gasteiger partial charge in [0.15, 0.2) is 18.5 Å². The van der Waals surface area contributed by atoms with Gasteiger partial charge < -0.3 is 19.4 Å². The first-order valence-corrected chi connectivity index (χ1v) is 7.84. The summed E-state index contributed by atoms with van der Waals surface area (Å²) in [5.41, 5.74) is 0.760. The molecule has 0 unspecified atom stereocenters. The Kier molecular flexibility index (Phi) is 6.94. The van der Waals surface area contributed by atoms with Gasteiger partial charge in [0.05, 0.1) is 12.2 Å². The van der Waals surface area contributed by atoms with Crippen molar-refractivity contribution >= 4 is 12.3 Å². The molecule has 2 aromatic carbocycles. The van der Waals surface area contributed by atoms with Crippen LogP contribution in [-0.4, -0.2) is 42.1 Å². The van der Waals surface area contributed by atoms with Gasteiger partial charge in [-0.3, -0.25) is 0 Å². The third-order valence-corrected chi connectivity index (χ3v) is 3.60. The zero-order valence-corrected chi connectivity index (χ0v) is 13.8. The Morgan fingerprint density at radius 3 is 2.23 bits per heavy atom. The molecule has 5 nitrogen and oxygen atoms in total. The lowest BCUT2D eigenvalue weighted by molar-refractivity contribution is -0.199. The molecule has 2 aromatic rings. The third kappa shape index (κ3) is 5.18. The Morgan fingerprint density at radius 1 is 1.08 bits per heavy atom. The fraction of sp³-hybridized carbons (Fsp3) is 0.263. The van der Waals surface area contributed by atoms with Crippen LogP contribution in [0.5, 0.6) is 0 Å². The topological polar surface area (TPSA) is 72.8 Å². The Bertz CT molecular complexity index is 706. The minimum atomic E-state index is -3.92. The first kappa shape index (κ1) is 19.7. The Labute approximate surface area is 149 Å². The summed E-state index contributed by atoms with van der Waals surface area (Å²) in [7, 11) is 0. The highest BCUT2D eigenvalue weighted by atomic mass is 19.3. The van der Waals surface area contributed by atoms with E-state index in [0.717, 1.165) is 0 Å². The van der Waals surface area contributed by atoms with E-state index in [4.69, 9.17) is 9.47 Å². The first-order chi connectivity index (χ1) is 12.4. The smallest absolute Gasteiger partial charge is 0.338 e. The molecule has 0 saturated carbocycles. The summed E-state index contributed by atoms with van der Waals surface area (Å²) in [6, 6.07) is 16.2. The van der Waals surface area contributed by atoms with Crippen LogP contribution in [0, 0.1) is 0 Å². The van der Waals surface area contributed by atoms with Gasteiger partial charge >= 0.3 is 11.9 Å². The number of aliphatic hydroxyl groups is 1. The molecular formula is C19H18F2O5. The normalized spacial score (nSPS) is 13.7. The van der Waals surface area contributed by atoms with E-state index in [9.17, 15) is 23.5 Å². The van der Waals surface area contributed by atoms with Crippen LogP contribution >= 0.6 is 0 Å². The summed E-state index contributed by atoms with van der Waals surface area (Å²) in [5.74, 6) is -4.78. The predicted octanol–water partition coefficient (Wildman–Crippen LogP) is 2.62. The fourth-order valence-corrected chi connectivity index (χ4v) is 2.11. The minimum absolute atomic E-state index is 0.0782. The maximum atomic E-state index is 14.2. The number of hydrogen-bond acceptors (Lipinski definition) is 5. The summed E-state index contributed by atoms with van der Waals surface area (Å²) in [6.45, 7) is -1.20. The van der Waals surface area contributed by atoms with Gasteiger partial charge in [0.2, 0.25) is 0 Å². The number of rotatable bonds is 9. The summed E-state index contributed by atoms with van der Waals surface area (Å²) < 4.78 is 38.1. The quantitative estimate of drug-likeness (QED) is 0.547. The average Bonchev–Trinajstić information content (AvgIpc) is 2.67. The van der Waals surface area contributed by atoms with E-state index < -0.39 is 30.7 Å². The molecule has 0 aliphatic carbocycles. The monoisotopic (exact) mass is 364 g/mol. The molecular weight excluding hydrogens is 346 g/mol. The number of benzene rings is 2. The Hall–Kier alpha value is -2.64. The Balaban J connectivity index is 1.92. The summed E-state index contributed by atoms with van der Waals surface area (Å²) in [4.78, 5) is 22.8. The minimum Gasteiger partial charge on any atom is -0.459 e. The van der Waals surface area contributed by atoms with Gasteiger partial charge in [-0.1, -0.05) is 48.5 Å². The van der Waals surface area contributed by atoms with Gasteiger partial charge in [0.25, 0.3) is 0 Å². The van der Waals surface area contributed by atoms with Crippen LogP contribution in [0.3, 0.4) is 0 Å². The van der Waals surface area contributed by atoms with Crippen LogP contribution in [0.2, 0.25) is 0 Å². The van der Waals surface area contributed by atoms with E-state index >= 15 is 0 Å². The molecule has 0 heterocycles. The fourth-order valence-electron chi connectivity index (χ4n) is 2.11. The van der Waals surface area contributed by atoms with Crippen molar-refractivity contribution in [3.05, 3.63) is 71.8 Å². The standard InChI is InChI=1S/C19H18F2O5/c20-19(21,17(11-22)25-12-14-7-3-1-4-8-14)16(23)13-26-18(24)15-9-5-2-6-10-15/h1-11,16-17,23H,12-13H2/t16-,17+/m1/s1. The summed E-state index contributed by atoms with van der Waals surface area (Å²) in [5, 5.41) is 9.71. The molecule has 0 fully saturated rings. The van der Waals surface area contributed by atoms with Crippen molar-refractivity contribution in [3.63, 3.8) is 0 Å². The number of halogens is 2. The molecule has 1 N–H and O–H groups in total. The number of esters is 1. The number of aldehydes is 1. The van der Waals surface area contributed by atoms with Gasteiger partial charge in [-0.25, -0.2) is 13.6 Å². The molecule has 0 aliphatic rings. The lowest BCUT2D eigenvalue weighted by Crippen LogP contribution is -2.49. The van der Waals surface area contributed by atoms with Gasteiger partial charge in [-0.05, 0) is 17.7 Å². The maximum Gasteiger partial charge on any atom is 0.338 e. The molecule has 0 spiro atoms. The molecule has 7 heteroatoms. The van der Waals surface area contributed by atoms with Gasteiger partial charge in [-0.15, -0.1) is 0 Å². The third-order valence-electron chi connectivity index (χ3n) is 3.60. The van der Waals surface area contributed by atoms with Crippen LogP contribution in [0.15, 0.2) is 60.7 Å². The summed E-state index contributed by atoms with van der Waals surface area (Å²) >= 11 is 0. The Morgan fingerprint density at radius 2 is 1.65 bits per heavy atom. The maximum absolute atomic E-state index is 14.2. The predicted molar refractivity (Wildman–Crippen MR) is 88.8 cm³/mol. The molecule has 26 heavy (non-hydrogen) atoms. The first-order valence-electron chi connectivity index (χ1n) is 7.84. The van der Waals surface area contributed by atoms with Crippen molar-refractivity contribution < 1.29 is 33.0 Å². The van der Waals surface area contributed by atoms with Crippen molar-refractivity contribution in [1.29, 1.82) is 0 Å². The molecule has 0 bridgehead atoms. The number of alkyl halides is 2. The van der Waals surface area contributed by atoms with E-state index in [-0.39, 0.29) is 18.5 Å². The lowest BCUT2D eigenvalue weighted by Gasteiger charge is -2.27. The second-order valence-electron chi connectivity index (χ2n) is 5.51. The zero-order chi connectivity index (χ0) is 19.0. The average molecular weight is 364 g/mol.